The van der Waals surface area contributed by atoms with Gasteiger partial charge in [-0.3, -0.25) is 9.88 Å². The molecule has 0 amide bonds. The van der Waals surface area contributed by atoms with E-state index in [0.29, 0.717) is 6.04 Å². The molecule has 0 bridgehead atoms. The largest absolute Gasteiger partial charge is 0.346 e. The normalized spacial score (nSPS) is 17.2. The third kappa shape index (κ3) is 2.32. The van der Waals surface area contributed by atoms with Crippen LogP contribution in [0.1, 0.15) is 23.8 Å². The smallest absolute Gasteiger partial charge is 0.139 e. The van der Waals surface area contributed by atoms with Gasteiger partial charge in [0, 0.05) is 48.3 Å². The van der Waals surface area contributed by atoms with E-state index in [1.807, 2.05) is 30.4 Å². The van der Waals surface area contributed by atoms with Gasteiger partial charge in [0.1, 0.15) is 11.2 Å². The van der Waals surface area contributed by atoms with Crippen LogP contribution in [0.25, 0.3) is 22.1 Å². The van der Waals surface area contributed by atoms with E-state index in [0.717, 1.165) is 49.0 Å². The molecule has 0 aromatic carbocycles. The lowest BCUT2D eigenvalue weighted by Gasteiger charge is -2.32. The van der Waals surface area contributed by atoms with E-state index >= 15 is 0 Å². The molecular weight excluding hydrogens is 320 g/mol. The van der Waals surface area contributed by atoms with Crippen molar-refractivity contribution in [2.75, 3.05) is 13.1 Å². The molecule has 0 atom stereocenters. The Labute approximate surface area is 143 Å². The minimum absolute atomic E-state index is 0.508. The number of pyridine rings is 1. The van der Waals surface area contributed by atoms with Gasteiger partial charge < -0.3 is 9.55 Å². The van der Waals surface area contributed by atoms with E-state index in [-0.39, 0.29) is 0 Å². The Balaban J connectivity index is 1.40. The lowest BCUT2D eigenvalue weighted by Crippen LogP contribution is -2.33. The first-order valence-corrected chi connectivity index (χ1v) is 9.15. The fraction of sp³-hybridized carbons (Fsp3) is 0.353. The number of aromatic amines is 1. The van der Waals surface area contributed by atoms with Gasteiger partial charge in [-0.25, -0.2) is 9.97 Å². The summed E-state index contributed by atoms with van der Waals surface area (Å²) in [6, 6.07) is 2.61. The maximum atomic E-state index is 4.57. The average molecular weight is 338 g/mol. The number of aromatic nitrogens is 5. The van der Waals surface area contributed by atoms with Crippen LogP contribution in [0.15, 0.2) is 36.5 Å². The van der Waals surface area contributed by atoms with Crippen molar-refractivity contribution in [3.63, 3.8) is 0 Å². The highest BCUT2D eigenvalue weighted by atomic mass is 32.1. The summed E-state index contributed by atoms with van der Waals surface area (Å²) in [5.74, 6) is 0. The second kappa shape index (κ2) is 5.68. The highest BCUT2D eigenvalue weighted by molar-refractivity contribution is 7.09. The van der Waals surface area contributed by atoms with Crippen molar-refractivity contribution in [3.05, 3.63) is 41.4 Å². The van der Waals surface area contributed by atoms with Gasteiger partial charge in [0.15, 0.2) is 0 Å². The Hall–Kier alpha value is -2.25. The molecule has 122 valence electrons. The van der Waals surface area contributed by atoms with E-state index in [1.54, 1.807) is 11.3 Å². The Morgan fingerprint density at radius 3 is 2.96 bits per heavy atom. The Bertz CT molecular complexity index is 962. The molecule has 4 aromatic rings. The van der Waals surface area contributed by atoms with Crippen molar-refractivity contribution in [2.24, 2.45) is 0 Å². The van der Waals surface area contributed by atoms with E-state index in [9.17, 15) is 0 Å². The number of nitrogens with one attached hydrogen (secondary N) is 1. The first-order valence-electron chi connectivity index (χ1n) is 8.27. The molecule has 0 saturated carbocycles. The molecule has 5 heterocycles. The number of hydrogen-bond donors (Lipinski definition) is 1. The zero-order chi connectivity index (χ0) is 15.9. The van der Waals surface area contributed by atoms with E-state index in [4.69, 9.17) is 0 Å². The van der Waals surface area contributed by atoms with Gasteiger partial charge in [-0.2, -0.15) is 0 Å². The quantitative estimate of drug-likeness (QED) is 0.623. The Morgan fingerprint density at radius 1 is 1.21 bits per heavy atom. The molecule has 1 N–H and O–H groups in total. The van der Waals surface area contributed by atoms with E-state index < -0.39 is 0 Å². The van der Waals surface area contributed by atoms with Crippen molar-refractivity contribution in [2.45, 2.75) is 25.4 Å². The zero-order valence-electron chi connectivity index (χ0n) is 13.2. The third-order valence-electron chi connectivity index (χ3n) is 4.93. The van der Waals surface area contributed by atoms with Crippen molar-refractivity contribution >= 4 is 33.4 Å². The molecule has 0 unspecified atom stereocenters. The molecule has 24 heavy (non-hydrogen) atoms. The lowest BCUT2D eigenvalue weighted by atomic mass is 10.0. The fourth-order valence-corrected chi connectivity index (χ4v) is 4.34. The number of imidazole rings is 1. The molecule has 0 spiro atoms. The lowest BCUT2D eigenvalue weighted by molar-refractivity contribution is 0.182. The molecule has 4 aromatic heterocycles. The second-order valence-electron chi connectivity index (χ2n) is 6.36. The predicted molar refractivity (Wildman–Crippen MR) is 95.0 cm³/mol. The molecule has 7 heteroatoms. The summed E-state index contributed by atoms with van der Waals surface area (Å²) in [6.07, 6.45) is 10.1. The van der Waals surface area contributed by atoms with Crippen LogP contribution in [0.2, 0.25) is 0 Å². The average Bonchev–Trinajstić information content (AvgIpc) is 3.35. The van der Waals surface area contributed by atoms with Crippen LogP contribution in [0, 0.1) is 0 Å². The number of H-pyrrole nitrogens is 1. The van der Waals surface area contributed by atoms with Crippen LogP contribution < -0.4 is 0 Å². The summed E-state index contributed by atoms with van der Waals surface area (Å²) in [7, 11) is 0. The summed E-state index contributed by atoms with van der Waals surface area (Å²) >= 11 is 1.74. The monoisotopic (exact) mass is 338 g/mol. The molecule has 5 rings (SSSR count). The standard InChI is InChI=1S/C17H18N6S/c1-4-19-17-14(1)16-15(8-20-17)21-10-23(16)12-2-5-22(6-3-12)9-13-7-18-11-24-13/h1,4,7-8,10-12H,2-3,5-6,9H2,(H,19,20). The molecule has 1 aliphatic rings. The summed E-state index contributed by atoms with van der Waals surface area (Å²) < 4.78 is 2.36. The van der Waals surface area contributed by atoms with Crippen LogP contribution >= 0.6 is 11.3 Å². The number of hydrogen-bond acceptors (Lipinski definition) is 5. The van der Waals surface area contributed by atoms with Crippen LogP contribution in [0.3, 0.4) is 0 Å². The van der Waals surface area contributed by atoms with E-state index in [2.05, 4.69) is 35.5 Å². The van der Waals surface area contributed by atoms with Gasteiger partial charge in [0.05, 0.1) is 23.6 Å². The van der Waals surface area contributed by atoms with Crippen LogP contribution in [0.5, 0.6) is 0 Å². The number of piperidine rings is 1. The van der Waals surface area contributed by atoms with Gasteiger partial charge in [0.2, 0.25) is 0 Å². The van der Waals surface area contributed by atoms with Crippen LogP contribution in [-0.2, 0) is 6.54 Å². The number of rotatable bonds is 3. The SMILES string of the molecule is c1cc2c(ncc3ncn(C4CCN(Cc5cncs5)CC4)c32)[nH]1. The van der Waals surface area contributed by atoms with Crippen molar-refractivity contribution < 1.29 is 0 Å². The summed E-state index contributed by atoms with van der Waals surface area (Å²) in [5, 5.41) is 1.16. The van der Waals surface area contributed by atoms with Gasteiger partial charge in [-0.15, -0.1) is 11.3 Å². The zero-order valence-corrected chi connectivity index (χ0v) is 14.0. The third-order valence-corrected chi connectivity index (χ3v) is 5.70. The Kier molecular flexibility index (Phi) is 3.34. The van der Waals surface area contributed by atoms with Gasteiger partial charge in [-0.1, -0.05) is 0 Å². The number of likely N-dealkylation sites (tertiary alicyclic amines) is 1. The first-order chi connectivity index (χ1) is 11.9. The maximum absolute atomic E-state index is 4.57. The molecule has 0 aliphatic carbocycles. The van der Waals surface area contributed by atoms with Crippen molar-refractivity contribution in [3.8, 4) is 0 Å². The molecule has 0 radical (unpaired) electrons. The van der Waals surface area contributed by atoms with Crippen LogP contribution in [0.4, 0.5) is 0 Å². The van der Waals surface area contributed by atoms with Crippen molar-refractivity contribution in [1.29, 1.82) is 0 Å². The Morgan fingerprint density at radius 2 is 2.12 bits per heavy atom. The molecule has 1 saturated heterocycles. The number of nitrogens with zero attached hydrogens (tertiary/aromatic N) is 5. The first kappa shape index (κ1) is 14.1. The molecule has 1 aliphatic heterocycles. The highest BCUT2D eigenvalue weighted by Crippen LogP contribution is 2.30. The topological polar surface area (TPSA) is 62.6 Å². The molecular formula is C17H18N6S. The maximum Gasteiger partial charge on any atom is 0.139 e. The minimum Gasteiger partial charge on any atom is -0.346 e. The number of fused-ring (bicyclic) bond motifs is 3. The van der Waals surface area contributed by atoms with Gasteiger partial charge in [0.25, 0.3) is 0 Å². The van der Waals surface area contributed by atoms with Gasteiger partial charge in [-0.05, 0) is 18.9 Å². The second-order valence-corrected chi connectivity index (χ2v) is 7.33. The van der Waals surface area contributed by atoms with E-state index in [1.165, 1.54) is 10.4 Å². The molecule has 6 nitrogen and oxygen atoms in total. The minimum atomic E-state index is 0.508. The summed E-state index contributed by atoms with van der Waals surface area (Å²) in [6.45, 7) is 3.25. The fourth-order valence-electron chi connectivity index (χ4n) is 3.70. The summed E-state index contributed by atoms with van der Waals surface area (Å²) in [5.41, 5.74) is 5.04. The molecule has 1 fully saturated rings. The van der Waals surface area contributed by atoms with Gasteiger partial charge >= 0.3 is 0 Å². The highest BCUT2D eigenvalue weighted by Gasteiger charge is 2.23. The van der Waals surface area contributed by atoms with Crippen LogP contribution in [-0.4, -0.2) is 42.5 Å². The van der Waals surface area contributed by atoms with Crippen molar-refractivity contribution in [1.82, 2.24) is 29.4 Å². The summed E-state index contributed by atoms with van der Waals surface area (Å²) in [4.78, 5) is 20.3. The predicted octanol–water partition coefficient (Wildman–Crippen LogP) is 3.21. The number of thiazole rings is 1.